The molecule has 5 nitrogen and oxygen atoms in total. The molecule has 0 aromatic heterocycles. The third kappa shape index (κ3) is 3.96. The minimum atomic E-state index is -1.02. The molecule has 0 aliphatic carbocycles. The Kier molecular flexibility index (Phi) is 6.07. The lowest BCUT2D eigenvalue weighted by atomic mass is 10.1. The van der Waals surface area contributed by atoms with Gasteiger partial charge in [0.2, 0.25) is 0 Å². The highest BCUT2D eigenvalue weighted by atomic mass is 16.7. The molecule has 0 amide bonds. The zero-order chi connectivity index (χ0) is 13.4. The zero-order valence-corrected chi connectivity index (χ0v) is 10.2. The second-order valence-corrected chi connectivity index (χ2v) is 3.40. The van der Waals surface area contributed by atoms with E-state index in [4.69, 9.17) is 19.3 Å². The van der Waals surface area contributed by atoms with Gasteiger partial charge >= 0.3 is 5.97 Å². The molecule has 0 bridgehead atoms. The van der Waals surface area contributed by atoms with Crippen molar-refractivity contribution in [2.24, 2.45) is 0 Å². The number of hydrogen-bond acceptors (Lipinski definition) is 4. The molecule has 0 spiro atoms. The highest BCUT2D eigenvalue weighted by Gasteiger charge is 2.18. The largest absolute Gasteiger partial charge is 0.478 e. The predicted molar refractivity (Wildman–Crippen MR) is 65.3 cm³/mol. The Balaban J connectivity index is 2.75. The molecule has 0 aliphatic heterocycles. The maximum atomic E-state index is 11.1. The fourth-order valence-electron chi connectivity index (χ4n) is 1.42. The highest BCUT2D eigenvalue weighted by molar-refractivity contribution is 5.89. The molecule has 98 valence electrons. The number of carbonyl (C=O) groups is 1. The van der Waals surface area contributed by atoms with E-state index in [-0.39, 0.29) is 12.4 Å². The van der Waals surface area contributed by atoms with Crippen LogP contribution in [0.5, 0.6) is 0 Å². The number of benzene rings is 1. The second-order valence-electron chi connectivity index (χ2n) is 3.40. The second kappa shape index (κ2) is 7.60. The quantitative estimate of drug-likeness (QED) is 0.436. The van der Waals surface area contributed by atoms with Crippen molar-refractivity contribution in [3.05, 3.63) is 48.0 Å². The van der Waals surface area contributed by atoms with Crippen molar-refractivity contribution in [2.45, 2.75) is 6.29 Å². The molecule has 1 aromatic carbocycles. The average Bonchev–Trinajstić information content (AvgIpc) is 2.39. The Labute approximate surface area is 106 Å². The van der Waals surface area contributed by atoms with E-state index in [0.29, 0.717) is 12.2 Å². The van der Waals surface area contributed by atoms with Crippen LogP contribution in [-0.4, -0.2) is 31.6 Å². The van der Waals surface area contributed by atoms with Crippen LogP contribution in [0.4, 0.5) is 0 Å². The normalized spacial score (nSPS) is 12.1. The molecular weight excluding hydrogens is 236 g/mol. The first-order valence-electron chi connectivity index (χ1n) is 5.36. The molecule has 1 N–H and O–H groups in total. The van der Waals surface area contributed by atoms with Gasteiger partial charge in [-0.05, 0) is 6.07 Å². The molecule has 0 saturated carbocycles. The molecule has 0 aliphatic rings. The number of carboxylic acids is 1. The van der Waals surface area contributed by atoms with Gasteiger partial charge < -0.3 is 19.3 Å². The van der Waals surface area contributed by atoms with E-state index in [0.717, 1.165) is 0 Å². The number of rotatable bonds is 8. The summed E-state index contributed by atoms with van der Waals surface area (Å²) >= 11 is 0. The number of methoxy groups -OCH3 is 1. The first-order valence-corrected chi connectivity index (χ1v) is 5.36. The summed E-state index contributed by atoms with van der Waals surface area (Å²) in [5.74, 6) is -1.02. The molecule has 1 atom stereocenters. The summed E-state index contributed by atoms with van der Waals surface area (Å²) in [5.41, 5.74) is 0.600. The van der Waals surface area contributed by atoms with Gasteiger partial charge in [0.05, 0.1) is 12.2 Å². The topological polar surface area (TPSA) is 65.0 Å². The molecule has 0 unspecified atom stereocenters. The lowest BCUT2D eigenvalue weighted by molar-refractivity contribution is -0.184. The van der Waals surface area contributed by atoms with Gasteiger partial charge in [0.15, 0.2) is 13.1 Å². The van der Waals surface area contributed by atoms with Crippen LogP contribution in [0.15, 0.2) is 36.9 Å². The molecule has 0 radical (unpaired) electrons. The van der Waals surface area contributed by atoms with Crippen LogP contribution in [-0.2, 0) is 14.2 Å². The minimum absolute atomic E-state index is 0.00151. The lowest BCUT2D eigenvalue weighted by Gasteiger charge is -2.18. The van der Waals surface area contributed by atoms with Crippen LogP contribution in [0.1, 0.15) is 22.2 Å². The van der Waals surface area contributed by atoms with Gasteiger partial charge in [-0.25, -0.2) is 4.79 Å². The molecule has 1 aromatic rings. The predicted octanol–water partition coefficient (Wildman–Crippen LogP) is 2.21. The summed E-state index contributed by atoms with van der Waals surface area (Å²) in [6.07, 6.45) is 0.818. The van der Waals surface area contributed by atoms with E-state index in [2.05, 4.69) is 6.58 Å². The third-order valence-electron chi connectivity index (χ3n) is 2.20. The molecular formula is C13H16O5. The van der Waals surface area contributed by atoms with Crippen LogP contribution in [0, 0.1) is 0 Å². The van der Waals surface area contributed by atoms with Crippen molar-refractivity contribution >= 4 is 5.97 Å². The summed E-state index contributed by atoms with van der Waals surface area (Å²) in [6.45, 7) is 3.86. The summed E-state index contributed by atoms with van der Waals surface area (Å²) < 4.78 is 15.5. The molecule has 0 saturated heterocycles. The number of hydrogen-bond donors (Lipinski definition) is 1. The first kappa shape index (κ1) is 14.4. The Hall–Kier alpha value is -1.69. The SMILES string of the molecule is C=CCOCO[C@H](OC)c1ccccc1C(=O)O. The fourth-order valence-corrected chi connectivity index (χ4v) is 1.42. The standard InChI is InChI=1S/C13H16O5/c1-3-8-17-9-18-13(16-2)11-7-5-4-6-10(11)12(14)15/h3-7,13H,1,8-9H2,2H3,(H,14,15)/t13-/m0/s1. The van der Waals surface area contributed by atoms with Gasteiger partial charge in [0.25, 0.3) is 0 Å². The number of ether oxygens (including phenoxy) is 3. The van der Waals surface area contributed by atoms with Gasteiger partial charge in [-0.3, -0.25) is 0 Å². The van der Waals surface area contributed by atoms with Crippen molar-refractivity contribution in [3.8, 4) is 0 Å². The van der Waals surface area contributed by atoms with Gasteiger partial charge in [0.1, 0.15) is 0 Å². The molecule has 0 heterocycles. The van der Waals surface area contributed by atoms with E-state index in [9.17, 15) is 4.79 Å². The fraction of sp³-hybridized carbons (Fsp3) is 0.308. The van der Waals surface area contributed by atoms with Gasteiger partial charge in [-0.2, -0.15) is 0 Å². The summed E-state index contributed by atoms with van der Waals surface area (Å²) in [6, 6.07) is 6.51. The highest BCUT2D eigenvalue weighted by Crippen LogP contribution is 2.22. The Bertz CT molecular complexity index is 402. The van der Waals surface area contributed by atoms with E-state index < -0.39 is 12.3 Å². The molecule has 5 heteroatoms. The maximum absolute atomic E-state index is 11.1. The number of carboxylic acid groups (broad SMARTS) is 1. The maximum Gasteiger partial charge on any atom is 0.336 e. The lowest BCUT2D eigenvalue weighted by Crippen LogP contribution is -2.14. The van der Waals surface area contributed by atoms with Gasteiger partial charge in [0, 0.05) is 12.7 Å². The molecule has 0 fully saturated rings. The number of aromatic carboxylic acids is 1. The van der Waals surface area contributed by atoms with Crippen LogP contribution in [0.2, 0.25) is 0 Å². The van der Waals surface area contributed by atoms with Gasteiger partial charge in [-0.1, -0.05) is 24.3 Å². The Morgan fingerprint density at radius 2 is 2.22 bits per heavy atom. The third-order valence-corrected chi connectivity index (χ3v) is 2.20. The van der Waals surface area contributed by atoms with Crippen molar-refractivity contribution < 1.29 is 24.1 Å². The van der Waals surface area contributed by atoms with Crippen molar-refractivity contribution in [1.29, 1.82) is 0 Å². The van der Waals surface area contributed by atoms with Crippen molar-refractivity contribution in [1.82, 2.24) is 0 Å². The van der Waals surface area contributed by atoms with E-state index >= 15 is 0 Å². The minimum Gasteiger partial charge on any atom is -0.478 e. The summed E-state index contributed by atoms with van der Waals surface area (Å²) in [7, 11) is 1.44. The molecule has 1 rings (SSSR count). The Morgan fingerprint density at radius 1 is 1.50 bits per heavy atom. The van der Waals surface area contributed by atoms with Gasteiger partial charge in [-0.15, -0.1) is 6.58 Å². The van der Waals surface area contributed by atoms with Crippen molar-refractivity contribution in [2.75, 3.05) is 20.5 Å². The monoisotopic (exact) mass is 252 g/mol. The smallest absolute Gasteiger partial charge is 0.336 e. The van der Waals surface area contributed by atoms with E-state index in [1.165, 1.54) is 13.2 Å². The summed E-state index contributed by atoms with van der Waals surface area (Å²) in [5, 5.41) is 9.06. The zero-order valence-electron chi connectivity index (χ0n) is 10.2. The first-order chi connectivity index (χ1) is 8.70. The van der Waals surface area contributed by atoms with Crippen LogP contribution < -0.4 is 0 Å². The van der Waals surface area contributed by atoms with Crippen LogP contribution in [0.25, 0.3) is 0 Å². The van der Waals surface area contributed by atoms with E-state index in [1.54, 1.807) is 24.3 Å². The Morgan fingerprint density at radius 3 is 2.83 bits per heavy atom. The van der Waals surface area contributed by atoms with Crippen molar-refractivity contribution in [3.63, 3.8) is 0 Å². The molecule has 18 heavy (non-hydrogen) atoms. The summed E-state index contributed by atoms with van der Waals surface area (Å²) in [4.78, 5) is 11.1. The van der Waals surface area contributed by atoms with Crippen LogP contribution in [0.3, 0.4) is 0 Å². The van der Waals surface area contributed by atoms with E-state index in [1.807, 2.05) is 0 Å². The van der Waals surface area contributed by atoms with Crippen LogP contribution >= 0.6 is 0 Å². The average molecular weight is 252 g/mol.